The number of fused-ring (bicyclic) bond motifs is 1. The molecule has 22 heavy (non-hydrogen) atoms. The highest BCUT2D eigenvalue weighted by molar-refractivity contribution is 5.81. The first-order chi connectivity index (χ1) is 10.4. The molecule has 0 radical (unpaired) electrons. The van der Waals surface area contributed by atoms with E-state index in [2.05, 4.69) is 20.9 Å². The number of anilines is 1. The third kappa shape index (κ3) is 1.79. The lowest BCUT2D eigenvalue weighted by atomic mass is 9.97. The molecule has 0 saturated carbocycles. The summed E-state index contributed by atoms with van der Waals surface area (Å²) < 4.78 is 7.05. The molecule has 0 spiro atoms. The van der Waals surface area contributed by atoms with Crippen LogP contribution >= 0.6 is 0 Å². The van der Waals surface area contributed by atoms with E-state index in [-0.39, 0.29) is 5.82 Å². The van der Waals surface area contributed by atoms with E-state index in [4.69, 9.17) is 16.9 Å². The quantitative estimate of drug-likeness (QED) is 0.483. The minimum atomic E-state index is -1.69. The summed E-state index contributed by atoms with van der Waals surface area (Å²) in [7, 11) is 0. The van der Waals surface area contributed by atoms with Gasteiger partial charge in [0.1, 0.15) is 24.4 Å². The second-order valence-electron chi connectivity index (χ2n) is 5.10. The van der Waals surface area contributed by atoms with Gasteiger partial charge in [-0.2, -0.15) is 0 Å². The van der Waals surface area contributed by atoms with Gasteiger partial charge in [-0.15, -0.1) is 6.42 Å². The van der Waals surface area contributed by atoms with Crippen molar-refractivity contribution in [3.05, 3.63) is 12.2 Å². The van der Waals surface area contributed by atoms with E-state index in [0.29, 0.717) is 17.0 Å². The zero-order valence-electron chi connectivity index (χ0n) is 11.7. The molecule has 1 fully saturated rings. The molecule has 1 aliphatic rings. The van der Waals surface area contributed by atoms with Gasteiger partial charge in [0.2, 0.25) is 0 Å². The lowest BCUT2D eigenvalue weighted by Crippen LogP contribution is -2.44. The Morgan fingerprint density at radius 2 is 2.23 bits per heavy atom. The number of nitrogens with two attached hydrogens (primary N) is 1. The predicted molar refractivity (Wildman–Crippen MR) is 75.3 cm³/mol. The molecule has 9 heteroatoms. The highest BCUT2D eigenvalue weighted by Crippen LogP contribution is 2.38. The molecular formula is C13H15N5O4. The maximum atomic E-state index is 10.3. The van der Waals surface area contributed by atoms with Crippen LogP contribution < -0.4 is 5.73 Å². The fraction of sp³-hybridized carbons (Fsp3) is 0.462. The van der Waals surface area contributed by atoms with Crippen molar-refractivity contribution in [3.8, 4) is 12.3 Å². The van der Waals surface area contributed by atoms with Gasteiger partial charge in [0.25, 0.3) is 0 Å². The van der Waals surface area contributed by atoms with Crippen molar-refractivity contribution < 1.29 is 20.1 Å². The lowest BCUT2D eigenvalue weighted by Gasteiger charge is -2.23. The topological polar surface area (TPSA) is 140 Å². The molecule has 1 saturated heterocycles. The minimum absolute atomic E-state index is 0.185. The van der Waals surface area contributed by atoms with E-state index in [1.807, 2.05) is 0 Å². The molecule has 0 aromatic carbocycles. The van der Waals surface area contributed by atoms with E-state index in [1.165, 1.54) is 10.9 Å². The number of terminal acetylenes is 1. The summed E-state index contributed by atoms with van der Waals surface area (Å²) in [5, 5.41) is 29.8. The van der Waals surface area contributed by atoms with E-state index >= 15 is 0 Å². The van der Waals surface area contributed by atoms with E-state index in [1.54, 1.807) is 6.92 Å². The van der Waals surface area contributed by atoms with Crippen molar-refractivity contribution in [1.29, 1.82) is 0 Å². The predicted octanol–water partition coefficient (Wildman–Crippen LogP) is -1.67. The van der Waals surface area contributed by atoms with Crippen molar-refractivity contribution in [2.24, 2.45) is 0 Å². The second kappa shape index (κ2) is 4.89. The molecule has 3 heterocycles. The Morgan fingerprint density at radius 3 is 2.82 bits per heavy atom. The summed E-state index contributed by atoms with van der Waals surface area (Å²) in [6, 6.07) is 0. The van der Waals surface area contributed by atoms with Crippen LogP contribution in [-0.4, -0.2) is 59.3 Å². The summed E-state index contributed by atoms with van der Waals surface area (Å²) >= 11 is 0. The summed E-state index contributed by atoms with van der Waals surface area (Å²) in [6.07, 6.45) is 2.72. The fourth-order valence-electron chi connectivity index (χ4n) is 2.63. The van der Waals surface area contributed by atoms with Gasteiger partial charge >= 0.3 is 0 Å². The summed E-state index contributed by atoms with van der Waals surface area (Å²) in [4.78, 5) is 12.2. The third-order valence-electron chi connectivity index (χ3n) is 3.84. The van der Waals surface area contributed by atoms with Gasteiger partial charge in [-0.3, -0.25) is 4.57 Å². The van der Waals surface area contributed by atoms with Crippen LogP contribution in [0.4, 0.5) is 5.82 Å². The number of ether oxygens (including phenoxy) is 1. The molecule has 2 aromatic heterocycles. The first-order valence-corrected chi connectivity index (χ1v) is 6.52. The smallest absolute Gasteiger partial charge is 0.182 e. The average molecular weight is 305 g/mol. The van der Waals surface area contributed by atoms with Crippen molar-refractivity contribution in [1.82, 2.24) is 19.5 Å². The molecule has 1 aliphatic heterocycles. The molecule has 4 atom stereocenters. The molecule has 0 bridgehead atoms. The van der Waals surface area contributed by atoms with Gasteiger partial charge in [0.15, 0.2) is 28.8 Å². The molecule has 5 N–H and O–H groups in total. The number of hydrogen-bond acceptors (Lipinski definition) is 8. The van der Waals surface area contributed by atoms with Gasteiger partial charge in [-0.1, -0.05) is 5.92 Å². The standard InChI is InChI=1S/C13H15N5O4/c1-3-13(4-19)9(21)8(20)12(22-13)18-6(2)17-7-10(14)15-5-16-11(7)18/h1,5,8-9,12,19-21H,4H2,2H3,(H2,14,15,16)/t8-,9+,12-,13?/m1/s1. The summed E-state index contributed by atoms with van der Waals surface area (Å²) in [5.74, 6) is 2.84. The van der Waals surface area contributed by atoms with E-state index in [9.17, 15) is 15.3 Å². The summed E-state index contributed by atoms with van der Waals surface area (Å²) in [5.41, 5.74) is 4.76. The van der Waals surface area contributed by atoms with Crippen molar-refractivity contribution >= 4 is 17.0 Å². The van der Waals surface area contributed by atoms with E-state index in [0.717, 1.165) is 0 Å². The van der Waals surface area contributed by atoms with Gasteiger partial charge in [0, 0.05) is 0 Å². The van der Waals surface area contributed by atoms with Gasteiger partial charge in [-0.05, 0) is 6.92 Å². The van der Waals surface area contributed by atoms with Gasteiger partial charge in [-0.25, -0.2) is 15.0 Å². The normalized spacial score (nSPS) is 31.5. The van der Waals surface area contributed by atoms with Crippen LogP contribution in [0, 0.1) is 19.3 Å². The Balaban J connectivity index is 2.15. The Morgan fingerprint density at radius 1 is 1.50 bits per heavy atom. The highest BCUT2D eigenvalue weighted by atomic mass is 16.6. The van der Waals surface area contributed by atoms with Crippen LogP contribution in [0.5, 0.6) is 0 Å². The van der Waals surface area contributed by atoms with Crippen LogP contribution in [0.2, 0.25) is 0 Å². The molecule has 3 rings (SSSR count). The molecule has 116 valence electrons. The van der Waals surface area contributed by atoms with Gasteiger partial charge < -0.3 is 25.8 Å². The number of aliphatic hydroxyl groups excluding tert-OH is 3. The first-order valence-electron chi connectivity index (χ1n) is 6.52. The second-order valence-corrected chi connectivity index (χ2v) is 5.10. The largest absolute Gasteiger partial charge is 0.392 e. The molecule has 9 nitrogen and oxygen atoms in total. The fourth-order valence-corrected chi connectivity index (χ4v) is 2.63. The lowest BCUT2D eigenvalue weighted by molar-refractivity contribution is -0.0916. The molecular weight excluding hydrogens is 290 g/mol. The molecule has 0 aliphatic carbocycles. The number of aromatic nitrogens is 4. The number of nitrogens with zero attached hydrogens (tertiary/aromatic N) is 4. The number of aliphatic hydroxyl groups is 3. The van der Waals surface area contributed by atoms with Crippen molar-refractivity contribution in [3.63, 3.8) is 0 Å². The molecule has 0 amide bonds. The maximum absolute atomic E-state index is 10.3. The number of nitrogen functional groups attached to an aromatic ring is 1. The van der Waals surface area contributed by atoms with Crippen molar-refractivity contribution in [2.45, 2.75) is 31.0 Å². The molecule has 2 aromatic rings. The number of hydrogen-bond donors (Lipinski definition) is 4. The number of aryl methyl sites for hydroxylation is 1. The number of rotatable bonds is 2. The zero-order valence-corrected chi connectivity index (χ0v) is 11.7. The Kier molecular flexibility index (Phi) is 3.26. The first kappa shape index (κ1) is 14.7. The SMILES string of the molecule is C#CC1(CO)O[C@@H](n2c(C)nc3c(N)ncnc32)[C@H](O)[C@@H]1O. The van der Waals surface area contributed by atoms with Crippen molar-refractivity contribution in [2.75, 3.05) is 12.3 Å². The maximum Gasteiger partial charge on any atom is 0.182 e. The molecule has 1 unspecified atom stereocenters. The van der Waals surface area contributed by atoms with Crippen LogP contribution in [0.25, 0.3) is 11.2 Å². The van der Waals surface area contributed by atoms with Crippen LogP contribution in [0.15, 0.2) is 6.33 Å². The monoisotopic (exact) mass is 305 g/mol. The zero-order chi connectivity index (χ0) is 16.1. The Labute approximate surface area is 125 Å². The number of imidazole rings is 1. The van der Waals surface area contributed by atoms with Crippen LogP contribution in [0.3, 0.4) is 0 Å². The van der Waals surface area contributed by atoms with Crippen LogP contribution in [0.1, 0.15) is 12.1 Å². The minimum Gasteiger partial charge on any atom is -0.392 e. The average Bonchev–Trinajstić information content (AvgIpc) is 2.97. The van der Waals surface area contributed by atoms with Gasteiger partial charge in [0.05, 0.1) is 6.61 Å². The van der Waals surface area contributed by atoms with Crippen LogP contribution in [-0.2, 0) is 4.74 Å². The van der Waals surface area contributed by atoms with E-state index < -0.39 is 30.6 Å². The summed E-state index contributed by atoms with van der Waals surface area (Å²) in [6.45, 7) is 1.03. The highest BCUT2D eigenvalue weighted by Gasteiger charge is 2.54. The third-order valence-corrected chi connectivity index (χ3v) is 3.84. The Hall–Kier alpha value is -2.25. The Bertz CT molecular complexity index is 770.